The van der Waals surface area contributed by atoms with Crippen molar-refractivity contribution in [1.82, 2.24) is 20.4 Å². The zero-order valence-electron chi connectivity index (χ0n) is 23.8. The lowest BCUT2D eigenvalue weighted by Crippen LogP contribution is -2.64. The van der Waals surface area contributed by atoms with Gasteiger partial charge >= 0.3 is 0 Å². The molecule has 40 heavy (non-hydrogen) atoms. The summed E-state index contributed by atoms with van der Waals surface area (Å²) in [6, 6.07) is 10.5. The molecule has 3 amide bonds. The minimum Gasteiger partial charge on any atom is -0.358 e. The minimum absolute atomic E-state index is 0.175. The van der Waals surface area contributed by atoms with Gasteiger partial charge in [-0.1, -0.05) is 43.7 Å². The first-order valence-electron chi connectivity index (χ1n) is 13.8. The Kier molecular flexibility index (Phi) is 10.8. The number of carbonyl (C=O) groups excluding carboxylic acids is 3. The Morgan fingerprint density at radius 3 is 2.33 bits per heavy atom. The van der Waals surface area contributed by atoms with Crippen LogP contribution in [0.2, 0.25) is 0 Å². The molecule has 1 aliphatic rings. The van der Waals surface area contributed by atoms with Gasteiger partial charge in [0.05, 0.1) is 11.6 Å². The number of halogens is 2. The molecule has 0 radical (unpaired) electrons. The van der Waals surface area contributed by atoms with Crippen molar-refractivity contribution in [3.05, 3.63) is 71.3 Å². The Morgan fingerprint density at radius 1 is 1.05 bits per heavy atom. The van der Waals surface area contributed by atoms with Gasteiger partial charge in [-0.05, 0) is 56.0 Å². The van der Waals surface area contributed by atoms with E-state index in [9.17, 15) is 23.2 Å². The molecule has 10 heteroatoms. The number of nitrogens with two attached hydrogens (primary N) is 1. The summed E-state index contributed by atoms with van der Waals surface area (Å²) in [7, 11) is 1.56. The van der Waals surface area contributed by atoms with Crippen LogP contribution in [-0.2, 0) is 27.2 Å². The first kappa shape index (κ1) is 31.2. The molecule has 0 aromatic heterocycles. The van der Waals surface area contributed by atoms with Crippen LogP contribution < -0.4 is 16.4 Å². The van der Waals surface area contributed by atoms with Crippen molar-refractivity contribution in [3.63, 3.8) is 0 Å². The van der Waals surface area contributed by atoms with Crippen molar-refractivity contribution in [2.45, 2.75) is 70.1 Å². The molecular formula is C30H41F2N5O3. The Labute approximate surface area is 235 Å². The van der Waals surface area contributed by atoms with Gasteiger partial charge in [-0.3, -0.25) is 19.3 Å². The molecule has 2 aromatic carbocycles. The van der Waals surface area contributed by atoms with Crippen LogP contribution >= 0.6 is 0 Å². The smallest absolute Gasteiger partial charge is 0.245 e. The summed E-state index contributed by atoms with van der Waals surface area (Å²) in [5, 5.41) is 5.51. The molecule has 3 atom stereocenters. The third kappa shape index (κ3) is 8.08. The number of nitrogens with zero attached hydrogens (tertiary/aromatic N) is 2. The molecule has 1 heterocycles. The Bertz CT molecular complexity index is 1170. The monoisotopic (exact) mass is 557 g/mol. The van der Waals surface area contributed by atoms with Crippen molar-refractivity contribution in [1.29, 1.82) is 0 Å². The summed E-state index contributed by atoms with van der Waals surface area (Å²) >= 11 is 0. The summed E-state index contributed by atoms with van der Waals surface area (Å²) in [6.07, 6.45) is 1.86. The second-order valence-electron chi connectivity index (χ2n) is 11.0. The van der Waals surface area contributed by atoms with Gasteiger partial charge in [0.1, 0.15) is 17.7 Å². The number of benzene rings is 2. The first-order valence-corrected chi connectivity index (χ1v) is 13.8. The van der Waals surface area contributed by atoms with E-state index in [4.69, 9.17) is 5.73 Å². The molecule has 0 bridgehead atoms. The minimum atomic E-state index is -1.20. The number of likely N-dealkylation sites (N-methyl/N-ethyl adjacent to an activating group) is 1. The van der Waals surface area contributed by atoms with Crippen LogP contribution in [0.5, 0.6) is 0 Å². The van der Waals surface area contributed by atoms with E-state index in [1.54, 1.807) is 56.1 Å². The van der Waals surface area contributed by atoms with E-state index in [1.165, 1.54) is 18.2 Å². The average Bonchev–Trinajstić information content (AvgIpc) is 2.92. The predicted molar refractivity (Wildman–Crippen MR) is 150 cm³/mol. The molecule has 218 valence electrons. The number of carbonyl (C=O) groups is 3. The van der Waals surface area contributed by atoms with Crippen LogP contribution in [-0.4, -0.2) is 77.9 Å². The van der Waals surface area contributed by atoms with Gasteiger partial charge in [0.2, 0.25) is 17.7 Å². The molecule has 1 fully saturated rings. The van der Waals surface area contributed by atoms with Gasteiger partial charge < -0.3 is 21.3 Å². The molecule has 4 N–H and O–H groups in total. The van der Waals surface area contributed by atoms with Crippen LogP contribution in [0.25, 0.3) is 0 Å². The van der Waals surface area contributed by atoms with Crippen molar-refractivity contribution < 1.29 is 23.2 Å². The van der Waals surface area contributed by atoms with Crippen LogP contribution in [0.15, 0.2) is 48.5 Å². The van der Waals surface area contributed by atoms with Crippen LogP contribution in [0.1, 0.15) is 44.7 Å². The van der Waals surface area contributed by atoms with E-state index in [0.717, 1.165) is 6.42 Å². The fraction of sp³-hybridized carbons (Fsp3) is 0.500. The summed E-state index contributed by atoms with van der Waals surface area (Å²) in [5.41, 5.74) is 5.96. The summed E-state index contributed by atoms with van der Waals surface area (Å²) in [4.78, 5) is 43.5. The largest absolute Gasteiger partial charge is 0.358 e. The number of nitrogens with one attached hydrogen (secondary N) is 2. The lowest BCUT2D eigenvalue weighted by molar-refractivity contribution is -0.143. The molecular weight excluding hydrogens is 516 g/mol. The predicted octanol–water partition coefficient (Wildman–Crippen LogP) is 2.40. The number of piperazine rings is 1. The zero-order chi connectivity index (χ0) is 29.4. The Balaban J connectivity index is 1.84. The maximum Gasteiger partial charge on any atom is 0.245 e. The molecule has 3 unspecified atom stereocenters. The molecule has 1 aliphatic heterocycles. The van der Waals surface area contributed by atoms with Gasteiger partial charge in [0.25, 0.3) is 0 Å². The molecule has 8 nitrogen and oxygen atoms in total. The SMILES string of the molecule is CCCC1CN(C(Cc2ccccc2F)C(=O)NC)CCN1C(=O)C(Cc1ccc(F)cc1)NC(=O)C(C)(C)N. The van der Waals surface area contributed by atoms with E-state index >= 15 is 0 Å². The highest BCUT2D eigenvalue weighted by Gasteiger charge is 2.39. The van der Waals surface area contributed by atoms with Gasteiger partial charge in [0, 0.05) is 39.1 Å². The quantitative estimate of drug-likeness (QED) is 0.393. The van der Waals surface area contributed by atoms with Crippen molar-refractivity contribution >= 4 is 17.7 Å². The maximum absolute atomic E-state index is 14.5. The standard InChI is InChI=1S/C30H41F2N5O3/c1-5-8-23-19-36(26(27(38)34-4)18-21-9-6-7-10-24(21)32)15-16-37(23)28(39)25(35-29(40)30(2,3)33)17-20-11-13-22(31)14-12-20/h6-7,9-14,23,25-26H,5,8,15-19,33H2,1-4H3,(H,34,38)(H,35,40). The van der Waals surface area contributed by atoms with Gasteiger partial charge in [0.15, 0.2) is 0 Å². The van der Waals surface area contributed by atoms with E-state index in [2.05, 4.69) is 10.6 Å². The lowest BCUT2D eigenvalue weighted by Gasteiger charge is -2.45. The lowest BCUT2D eigenvalue weighted by atomic mass is 9.97. The van der Waals surface area contributed by atoms with E-state index in [0.29, 0.717) is 37.2 Å². The number of hydrogen-bond donors (Lipinski definition) is 3. The third-order valence-electron chi connectivity index (χ3n) is 7.32. The summed E-state index contributed by atoms with van der Waals surface area (Å²) < 4.78 is 28.0. The molecule has 0 spiro atoms. The molecule has 2 aromatic rings. The van der Waals surface area contributed by atoms with Crippen molar-refractivity contribution in [3.8, 4) is 0 Å². The Morgan fingerprint density at radius 2 is 1.73 bits per heavy atom. The van der Waals surface area contributed by atoms with Crippen molar-refractivity contribution in [2.24, 2.45) is 5.73 Å². The highest BCUT2D eigenvalue weighted by molar-refractivity contribution is 5.92. The molecule has 3 rings (SSSR count). The molecule has 1 saturated heterocycles. The molecule has 0 saturated carbocycles. The fourth-order valence-electron chi connectivity index (χ4n) is 5.06. The van der Waals surface area contributed by atoms with Gasteiger partial charge in [-0.2, -0.15) is 0 Å². The maximum atomic E-state index is 14.5. The second kappa shape index (κ2) is 13.8. The number of amides is 3. The molecule has 0 aliphatic carbocycles. The number of hydrogen-bond acceptors (Lipinski definition) is 5. The van der Waals surface area contributed by atoms with Crippen LogP contribution in [0.4, 0.5) is 8.78 Å². The number of rotatable bonds is 11. The highest BCUT2D eigenvalue weighted by atomic mass is 19.1. The van der Waals surface area contributed by atoms with Gasteiger partial charge in [-0.25, -0.2) is 8.78 Å². The van der Waals surface area contributed by atoms with E-state index in [1.807, 2.05) is 11.8 Å². The van der Waals surface area contributed by atoms with Crippen LogP contribution in [0.3, 0.4) is 0 Å². The van der Waals surface area contributed by atoms with E-state index in [-0.39, 0.29) is 42.3 Å². The normalized spacial score (nSPS) is 17.7. The summed E-state index contributed by atoms with van der Waals surface area (Å²) in [5.74, 6) is -1.70. The topological polar surface area (TPSA) is 108 Å². The first-order chi connectivity index (χ1) is 18.9. The van der Waals surface area contributed by atoms with E-state index < -0.39 is 23.5 Å². The average molecular weight is 558 g/mol. The highest BCUT2D eigenvalue weighted by Crippen LogP contribution is 2.22. The zero-order valence-corrected chi connectivity index (χ0v) is 23.8. The fourth-order valence-corrected chi connectivity index (χ4v) is 5.06. The van der Waals surface area contributed by atoms with Gasteiger partial charge in [-0.15, -0.1) is 0 Å². The second-order valence-corrected chi connectivity index (χ2v) is 11.0. The third-order valence-corrected chi connectivity index (χ3v) is 7.32. The van der Waals surface area contributed by atoms with Crippen LogP contribution in [0, 0.1) is 11.6 Å². The summed E-state index contributed by atoms with van der Waals surface area (Å²) in [6.45, 7) is 6.30. The Hall–Kier alpha value is -3.37. The van der Waals surface area contributed by atoms with Crippen molar-refractivity contribution in [2.75, 3.05) is 26.7 Å².